The van der Waals surface area contributed by atoms with Crippen LogP contribution in [0.1, 0.15) is 13.8 Å². The van der Waals surface area contributed by atoms with E-state index in [2.05, 4.69) is 9.80 Å². The summed E-state index contributed by atoms with van der Waals surface area (Å²) in [5.74, 6) is 0.102. The van der Waals surface area contributed by atoms with Crippen LogP contribution in [0.2, 0.25) is 0 Å². The number of para-hydroxylation sites is 1. The van der Waals surface area contributed by atoms with Crippen LogP contribution in [0.15, 0.2) is 54.6 Å². The van der Waals surface area contributed by atoms with Crippen LogP contribution < -0.4 is 9.80 Å². The molecule has 0 spiro atoms. The first kappa shape index (κ1) is 19.8. The maximum absolute atomic E-state index is 12.9. The van der Waals surface area contributed by atoms with E-state index in [1.54, 1.807) is 12.1 Å². The smallest absolute Gasteiger partial charge is 0.269 e. The molecule has 2 aromatic rings. The number of carbonyl (C=O) groups is 1. The third-order valence-corrected chi connectivity index (χ3v) is 4.98. The van der Waals surface area contributed by atoms with Crippen LogP contribution in [0, 0.1) is 10.1 Å². The number of anilines is 2. The average molecular weight is 382 g/mol. The monoisotopic (exact) mass is 382 g/mol. The molecule has 0 N–H and O–H groups in total. The third-order valence-electron chi connectivity index (χ3n) is 4.98. The predicted octanol–water partition coefficient (Wildman–Crippen LogP) is 3.16. The second kappa shape index (κ2) is 8.84. The number of nitro groups is 1. The zero-order valence-corrected chi connectivity index (χ0v) is 16.3. The van der Waals surface area contributed by atoms with Crippen molar-refractivity contribution in [1.82, 2.24) is 4.90 Å². The van der Waals surface area contributed by atoms with Crippen LogP contribution >= 0.6 is 0 Å². The maximum atomic E-state index is 12.9. The van der Waals surface area contributed by atoms with E-state index in [4.69, 9.17) is 0 Å². The highest BCUT2D eigenvalue weighted by Crippen LogP contribution is 2.21. The van der Waals surface area contributed by atoms with Gasteiger partial charge < -0.3 is 9.80 Å². The zero-order valence-electron chi connectivity index (χ0n) is 16.3. The molecule has 0 aromatic heterocycles. The van der Waals surface area contributed by atoms with Crippen LogP contribution in [-0.4, -0.2) is 54.5 Å². The minimum absolute atomic E-state index is 0.0938. The number of hydrogen-bond donors (Lipinski definition) is 0. The molecule has 1 amide bonds. The minimum atomic E-state index is -0.388. The maximum Gasteiger partial charge on any atom is 0.269 e. The Kier molecular flexibility index (Phi) is 6.26. The summed E-state index contributed by atoms with van der Waals surface area (Å²) in [6, 6.07) is 16.5. The molecule has 28 heavy (non-hydrogen) atoms. The van der Waals surface area contributed by atoms with Gasteiger partial charge in [-0.25, -0.2) is 0 Å². The summed E-state index contributed by atoms with van der Waals surface area (Å²) in [6.07, 6.45) is 0. The Hall–Kier alpha value is -2.93. The topological polar surface area (TPSA) is 69.9 Å². The van der Waals surface area contributed by atoms with Gasteiger partial charge in [-0.05, 0) is 38.1 Å². The van der Waals surface area contributed by atoms with Gasteiger partial charge in [-0.2, -0.15) is 0 Å². The van der Waals surface area contributed by atoms with E-state index in [9.17, 15) is 14.9 Å². The van der Waals surface area contributed by atoms with Gasteiger partial charge in [0.25, 0.3) is 5.69 Å². The highest BCUT2D eigenvalue weighted by atomic mass is 16.6. The van der Waals surface area contributed by atoms with Crippen LogP contribution in [0.4, 0.5) is 17.1 Å². The van der Waals surface area contributed by atoms with Crippen molar-refractivity contribution >= 4 is 23.0 Å². The number of hydrogen-bond acceptors (Lipinski definition) is 5. The molecule has 7 nitrogen and oxygen atoms in total. The highest BCUT2D eigenvalue weighted by molar-refractivity contribution is 5.95. The lowest BCUT2D eigenvalue weighted by atomic mass is 10.2. The van der Waals surface area contributed by atoms with Gasteiger partial charge in [-0.15, -0.1) is 0 Å². The molecule has 7 heteroatoms. The summed E-state index contributed by atoms with van der Waals surface area (Å²) >= 11 is 0. The van der Waals surface area contributed by atoms with E-state index in [0.29, 0.717) is 6.54 Å². The highest BCUT2D eigenvalue weighted by Gasteiger charge is 2.24. The zero-order chi connectivity index (χ0) is 20.1. The number of nitro benzene ring substituents is 1. The van der Waals surface area contributed by atoms with Crippen molar-refractivity contribution < 1.29 is 9.72 Å². The number of carbonyl (C=O) groups excluding carboxylic acids is 1. The molecular weight excluding hydrogens is 356 g/mol. The molecule has 148 valence electrons. The first-order chi connectivity index (χ1) is 13.5. The fourth-order valence-corrected chi connectivity index (χ4v) is 3.54. The molecule has 3 rings (SSSR count). The van der Waals surface area contributed by atoms with Gasteiger partial charge in [0.15, 0.2) is 0 Å². The summed E-state index contributed by atoms with van der Waals surface area (Å²) < 4.78 is 0. The van der Waals surface area contributed by atoms with Crippen LogP contribution in [0.25, 0.3) is 0 Å². The molecule has 1 fully saturated rings. The van der Waals surface area contributed by atoms with E-state index >= 15 is 0 Å². The van der Waals surface area contributed by atoms with Gasteiger partial charge in [0.2, 0.25) is 5.91 Å². The summed E-state index contributed by atoms with van der Waals surface area (Å²) in [4.78, 5) is 29.5. The van der Waals surface area contributed by atoms with Gasteiger partial charge in [0.05, 0.1) is 11.5 Å². The van der Waals surface area contributed by atoms with Crippen molar-refractivity contribution in [3.63, 3.8) is 0 Å². The van der Waals surface area contributed by atoms with E-state index in [1.165, 1.54) is 12.1 Å². The molecule has 0 bridgehead atoms. The lowest BCUT2D eigenvalue weighted by molar-refractivity contribution is -0.384. The van der Waals surface area contributed by atoms with Crippen molar-refractivity contribution in [1.29, 1.82) is 0 Å². The SMILES string of the molecule is CC(C)N(C(=O)CN1CCN(c2ccc([N+](=O)[O-])cc2)CC1)c1ccccc1. The number of piperazine rings is 1. The van der Waals surface area contributed by atoms with Crippen LogP contribution in [0.5, 0.6) is 0 Å². The van der Waals surface area contributed by atoms with Gasteiger partial charge in [0.1, 0.15) is 0 Å². The summed E-state index contributed by atoms with van der Waals surface area (Å²) in [5.41, 5.74) is 2.00. The second-order valence-corrected chi connectivity index (χ2v) is 7.23. The lowest BCUT2D eigenvalue weighted by Crippen LogP contribution is -2.51. The number of amides is 1. The standard InChI is InChI=1S/C21H26N4O3/c1-17(2)24(19-6-4-3-5-7-19)21(26)16-22-12-14-23(15-13-22)18-8-10-20(11-9-18)25(27)28/h3-11,17H,12-16H2,1-2H3. The summed E-state index contributed by atoms with van der Waals surface area (Å²) in [5, 5.41) is 10.8. The fraction of sp³-hybridized carbons (Fsp3) is 0.381. The molecule has 2 aromatic carbocycles. The minimum Gasteiger partial charge on any atom is -0.369 e. The van der Waals surface area contributed by atoms with E-state index in [0.717, 1.165) is 37.6 Å². The molecule has 0 saturated carbocycles. The van der Waals surface area contributed by atoms with E-state index in [1.807, 2.05) is 49.1 Å². The molecule has 0 aliphatic carbocycles. The Morgan fingerprint density at radius 3 is 2.18 bits per heavy atom. The van der Waals surface area contributed by atoms with Gasteiger partial charge in [0, 0.05) is 55.7 Å². The number of nitrogens with zero attached hydrogens (tertiary/aromatic N) is 4. The molecule has 0 atom stereocenters. The van der Waals surface area contributed by atoms with Gasteiger partial charge in [-0.3, -0.25) is 19.8 Å². The molecule has 1 saturated heterocycles. The van der Waals surface area contributed by atoms with Crippen molar-refractivity contribution in [3.8, 4) is 0 Å². The molecular formula is C21H26N4O3. The first-order valence-electron chi connectivity index (χ1n) is 9.54. The molecule has 1 aliphatic heterocycles. The first-order valence-corrected chi connectivity index (χ1v) is 9.54. The van der Waals surface area contributed by atoms with Gasteiger partial charge >= 0.3 is 0 Å². The fourth-order valence-electron chi connectivity index (χ4n) is 3.54. The van der Waals surface area contributed by atoms with Crippen LogP contribution in [0.3, 0.4) is 0 Å². The van der Waals surface area contributed by atoms with Crippen LogP contribution in [-0.2, 0) is 4.79 Å². The summed E-state index contributed by atoms with van der Waals surface area (Å²) in [6.45, 7) is 7.58. The molecule has 0 radical (unpaired) electrons. The molecule has 0 unspecified atom stereocenters. The third kappa shape index (κ3) is 4.67. The Morgan fingerprint density at radius 1 is 1.04 bits per heavy atom. The Labute approximate surface area is 165 Å². The Bertz CT molecular complexity index is 800. The average Bonchev–Trinajstić information content (AvgIpc) is 2.69. The van der Waals surface area contributed by atoms with E-state index < -0.39 is 0 Å². The molecule has 1 aliphatic rings. The second-order valence-electron chi connectivity index (χ2n) is 7.23. The lowest BCUT2D eigenvalue weighted by Gasteiger charge is -2.37. The summed E-state index contributed by atoms with van der Waals surface area (Å²) in [7, 11) is 0. The number of benzene rings is 2. The normalized spacial score (nSPS) is 14.9. The largest absolute Gasteiger partial charge is 0.369 e. The van der Waals surface area contributed by atoms with Crippen molar-refractivity contribution in [2.75, 3.05) is 42.5 Å². The van der Waals surface area contributed by atoms with Gasteiger partial charge in [-0.1, -0.05) is 18.2 Å². The Balaban J connectivity index is 1.57. The predicted molar refractivity (Wildman–Crippen MR) is 111 cm³/mol. The number of rotatable bonds is 6. The number of non-ortho nitro benzene ring substituents is 1. The Morgan fingerprint density at radius 2 is 1.64 bits per heavy atom. The quantitative estimate of drug-likeness (QED) is 0.567. The molecule has 1 heterocycles. The van der Waals surface area contributed by atoms with Crippen molar-refractivity contribution in [2.45, 2.75) is 19.9 Å². The van der Waals surface area contributed by atoms with E-state index in [-0.39, 0.29) is 22.6 Å². The van der Waals surface area contributed by atoms with Crippen molar-refractivity contribution in [3.05, 3.63) is 64.7 Å². The van der Waals surface area contributed by atoms with Crippen molar-refractivity contribution in [2.24, 2.45) is 0 Å².